The number of hydrogen-bond donors (Lipinski definition) is 4. The van der Waals surface area contributed by atoms with E-state index in [1.165, 1.54) is 26.4 Å². The summed E-state index contributed by atoms with van der Waals surface area (Å²) in [4.78, 5) is 0. The lowest BCUT2D eigenvalue weighted by molar-refractivity contribution is 0.398. The molecule has 0 radical (unpaired) electrons. The Kier molecular flexibility index (Phi) is 6.89. The predicted molar refractivity (Wildman–Crippen MR) is 137 cm³/mol. The van der Waals surface area contributed by atoms with Crippen molar-refractivity contribution in [2.75, 3.05) is 14.2 Å². The Morgan fingerprint density at radius 3 is 1.34 bits per heavy atom. The molecule has 6 nitrogen and oxygen atoms in total. The van der Waals surface area contributed by atoms with E-state index in [2.05, 4.69) is 0 Å². The van der Waals surface area contributed by atoms with E-state index in [1.807, 2.05) is 53.7 Å². The Balaban J connectivity index is 2.56. The van der Waals surface area contributed by atoms with Gasteiger partial charge in [0, 0.05) is 29.2 Å². The zero-order valence-corrected chi connectivity index (χ0v) is 21.7. The Bertz CT molecular complexity index is 1160. The van der Waals surface area contributed by atoms with Crippen LogP contribution in [-0.2, 0) is 10.8 Å². The molecule has 0 unspecified atom stereocenters. The Morgan fingerprint density at radius 1 is 0.571 bits per heavy atom. The van der Waals surface area contributed by atoms with E-state index < -0.39 is 16.7 Å². The molecular formula is C29H36O6. The lowest BCUT2D eigenvalue weighted by atomic mass is 9.71. The maximum Gasteiger partial charge on any atom is 0.157 e. The Morgan fingerprint density at radius 2 is 1.00 bits per heavy atom. The van der Waals surface area contributed by atoms with Crippen molar-refractivity contribution in [2.45, 2.75) is 58.3 Å². The van der Waals surface area contributed by atoms with Crippen LogP contribution in [0, 0.1) is 0 Å². The summed E-state index contributed by atoms with van der Waals surface area (Å²) in [6.45, 7) is 12.1. The quantitative estimate of drug-likeness (QED) is 0.253. The van der Waals surface area contributed by atoms with Gasteiger partial charge in [0.15, 0.2) is 11.5 Å². The van der Waals surface area contributed by atoms with Gasteiger partial charge in [-0.3, -0.25) is 0 Å². The number of benzene rings is 3. The highest BCUT2D eigenvalue weighted by Gasteiger charge is 2.34. The van der Waals surface area contributed by atoms with E-state index in [1.54, 1.807) is 18.2 Å². The standard InChI is InChI=1S/C29H36O6/c1-28(2,3)26-19(12-17(34-7)14-23(26)32)25(16-9-10-21(30)22(31)11-16)20-13-18(35-8)15-24(33)27(20)29(4,5)6/h9-15,25,30-33H,1-8H3. The smallest absolute Gasteiger partial charge is 0.157 e. The van der Waals surface area contributed by atoms with Gasteiger partial charge in [-0.25, -0.2) is 0 Å². The predicted octanol–water partition coefficient (Wildman–Crippen LogP) is 6.30. The summed E-state index contributed by atoms with van der Waals surface area (Å²) in [5, 5.41) is 42.7. The molecule has 6 heteroatoms. The van der Waals surface area contributed by atoms with Crippen molar-refractivity contribution >= 4 is 0 Å². The first kappa shape index (κ1) is 26.1. The third-order valence-electron chi connectivity index (χ3n) is 6.17. The van der Waals surface area contributed by atoms with Gasteiger partial charge in [0.1, 0.15) is 23.0 Å². The molecule has 35 heavy (non-hydrogen) atoms. The SMILES string of the molecule is COc1cc(O)c(C(C)(C)C)c(C(c2ccc(O)c(O)c2)c2cc(OC)cc(O)c2C(C)(C)C)c1. The maximum absolute atomic E-state index is 11.1. The molecule has 0 heterocycles. The molecule has 0 aliphatic carbocycles. The van der Waals surface area contributed by atoms with E-state index in [0.29, 0.717) is 28.2 Å². The molecule has 0 fully saturated rings. The van der Waals surface area contributed by atoms with Crippen LogP contribution in [0.4, 0.5) is 0 Å². The van der Waals surface area contributed by atoms with Crippen molar-refractivity contribution in [1.82, 2.24) is 0 Å². The first-order valence-corrected chi connectivity index (χ1v) is 11.5. The monoisotopic (exact) mass is 480 g/mol. The van der Waals surface area contributed by atoms with Crippen LogP contribution < -0.4 is 9.47 Å². The molecule has 0 aromatic heterocycles. The minimum Gasteiger partial charge on any atom is -0.507 e. The molecule has 188 valence electrons. The van der Waals surface area contributed by atoms with Crippen molar-refractivity contribution < 1.29 is 29.9 Å². The van der Waals surface area contributed by atoms with Gasteiger partial charge in [-0.05, 0) is 51.8 Å². The molecule has 3 aromatic rings. The van der Waals surface area contributed by atoms with Crippen LogP contribution in [0.1, 0.15) is 75.3 Å². The van der Waals surface area contributed by atoms with Gasteiger partial charge in [0.05, 0.1) is 14.2 Å². The molecular weight excluding hydrogens is 444 g/mol. The normalized spacial score (nSPS) is 12.1. The van der Waals surface area contributed by atoms with Crippen molar-refractivity contribution in [3.63, 3.8) is 0 Å². The van der Waals surface area contributed by atoms with Crippen LogP contribution in [0.15, 0.2) is 42.5 Å². The van der Waals surface area contributed by atoms with E-state index >= 15 is 0 Å². The van der Waals surface area contributed by atoms with Gasteiger partial charge in [-0.1, -0.05) is 47.6 Å². The van der Waals surface area contributed by atoms with Gasteiger partial charge in [-0.15, -0.1) is 0 Å². The highest BCUT2D eigenvalue weighted by molar-refractivity contribution is 5.62. The van der Waals surface area contributed by atoms with Crippen molar-refractivity contribution in [2.24, 2.45) is 0 Å². The fourth-order valence-corrected chi connectivity index (χ4v) is 4.82. The van der Waals surface area contributed by atoms with E-state index in [9.17, 15) is 20.4 Å². The number of phenols is 4. The second-order valence-corrected chi connectivity index (χ2v) is 10.9. The van der Waals surface area contributed by atoms with Crippen LogP contribution in [0.25, 0.3) is 0 Å². The summed E-state index contributed by atoms with van der Waals surface area (Å²) in [5.41, 5.74) is 2.67. The third kappa shape index (κ3) is 5.11. The van der Waals surface area contributed by atoms with Crippen molar-refractivity contribution in [3.05, 3.63) is 70.3 Å². The summed E-state index contributed by atoms with van der Waals surface area (Å²) in [6, 6.07) is 11.6. The summed E-state index contributed by atoms with van der Waals surface area (Å²) >= 11 is 0. The number of phenolic OH excluding ortho intramolecular Hbond substituents is 4. The molecule has 0 saturated carbocycles. The minimum atomic E-state index is -0.549. The van der Waals surface area contributed by atoms with Crippen LogP contribution in [0.5, 0.6) is 34.5 Å². The second-order valence-electron chi connectivity index (χ2n) is 10.9. The topological polar surface area (TPSA) is 99.4 Å². The molecule has 0 atom stereocenters. The summed E-state index contributed by atoms with van der Waals surface area (Å²) in [6.07, 6.45) is 0. The number of hydrogen-bond acceptors (Lipinski definition) is 6. The second kappa shape index (κ2) is 9.25. The third-order valence-corrected chi connectivity index (χ3v) is 6.17. The van der Waals surface area contributed by atoms with Crippen LogP contribution in [-0.4, -0.2) is 34.6 Å². The van der Waals surface area contributed by atoms with Crippen LogP contribution in [0.3, 0.4) is 0 Å². The van der Waals surface area contributed by atoms with Crippen molar-refractivity contribution in [3.8, 4) is 34.5 Å². The summed E-state index contributed by atoms with van der Waals surface area (Å²) < 4.78 is 11.0. The largest absolute Gasteiger partial charge is 0.507 e. The van der Waals surface area contributed by atoms with Crippen LogP contribution >= 0.6 is 0 Å². The summed E-state index contributed by atoms with van der Waals surface area (Å²) in [5.74, 6) is 0.0780. The molecule has 0 amide bonds. The number of ether oxygens (including phenoxy) is 2. The molecule has 0 bridgehead atoms. The average Bonchev–Trinajstić information content (AvgIpc) is 2.73. The molecule has 3 rings (SSSR count). The molecule has 0 saturated heterocycles. The fraction of sp³-hybridized carbons (Fsp3) is 0.379. The maximum atomic E-state index is 11.1. The van der Waals surface area contributed by atoms with Gasteiger partial charge in [0.2, 0.25) is 0 Å². The lowest BCUT2D eigenvalue weighted by Crippen LogP contribution is -2.21. The highest BCUT2D eigenvalue weighted by atomic mass is 16.5. The van der Waals surface area contributed by atoms with Gasteiger partial charge in [0.25, 0.3) is 0 Å². The van der Waals surface area contributed by atoms with E-state index in [-0.39, 0.29) is 23.0 Å². The van der Waals surface area contributed by atoms with E-state index in [0.717, 1.165) is 11.1 Å². The average molecular weight is 481 g/mol. The minimum absolute atomic E-state index is 0.0873. The molecule has 0 aliphatic rings. The van der Waals surface area contributed by atoms with E-state index in [4.69, 9.17) is 9.47 Å². The lowest BCUT2D eigenvalue weighted by Gasteiger charge is -2.33. The summed E-state index contributed by atoms with van der Waals surface area (Å²) in [7, 11) is 3.07. The molecule has 3 aromatic carbocycles. The molecule has 4 N–H and O–H groups in total. The number of aromatic hydroxyl groups is 4. The van der Waals surface area contributed by atoms with Gasteiger partial charge >= 0.3 is 0 Å². The molecule has 0 aliphatic heterocycles. The molecule has 0 spiro atoms. The zero-order chi connectivity index (χ0) is 26.3. The number of methoxy groups -OCH3 is 2. The first-order valence-electron chi connectivity index (χ1n) is 11.5. The Labute approximate surface area is 207 Å². The van der Waals surface area contributed by atoms with Gasteiger partial charge < -0.3 is 29.9 Å². The van der Waals surface area contributed by atoms with Gasteiger partial charge in [-0.2, -0.15) is 0 Å². The zero-order valence-electron chi connectivity index (χ0n) is 21.7. The highest BCUT2D eigenvalue weighted by Crippen LogP contribution is 2.49. The van der Waals surface area contributed by atoms with Crippen LogP contribution in [0.2, 0.25) is 0 Å². The Hall–Kier alpha value is -3.54. The van der Waals surface area contributed by atoms with Crippen molar-refractivity contribution in [1.29, 1.82) is 0 Å². The number of rotatable bonds is 5. The fourth-order valence-electron chi connectivity index (χ4n) is 4.82. The first-order chi connectivity index (χ1) is 16.2.